The van der Waals surface area contributed by atoms with E-state index in [1.165, 1.54) is 0 Å². The summed E-state index contributed by atoms with van der Waals surface area (Å²) in [4.78, 5) is 28.3. The Hall–Kier alpha value is -3.72. The summed E-state index contributed by atoms with van der Waals surface area (Å²) >= 11 is 1.10. The van der Waals surface area contributed by atoms with Crippen LogP contribution in [0, 0.1) is 0 Å². The van der Waals surface area contributed by atoms with E-state index in [2.05, 4.69) is 4.99 Å². The number of hydrogen-bond donors (Lipinski definition) is 2. The number of ether oxygens (including phenoxy) is 3. The lowest BCUT2D eigenvalue weighted by Crippen LogP contribution is -2.12. The summed E-state index contributed by atoms with van der Waals surface area (Å²) < 4.78 is 15.9. The Kier molecular flexibility index (Phi) is 8.15. The molecule has 3 rings (SSSR count). The maximum absolute atomic E-state index is 12.6. The van der Waals surface area contributed by atoms with E-state index in [0.717, 1.165) is 11.8 Å². The second-order valence-corrected chi connectivity index (χ2v) is 7.65. The average Bonchev–Trinajstić information content (AvgIpc) is 3.09. The van der Waals surface area contributed by atoms with Crippen molar-refractivity contribution >= 4 is 40.5 Å². The molecule has 0 fully saturated rings. The first-order valence-corrected chi connectivity index (χ1v) is 11.0. The number of aliphatic hydroxyl groups is 1. The Bertz CT molecular complexity index is 1120. The van der Waals surface area contributed by atoms with E-state index in [9.17, 15) is 14.7 Å². The molecular weight excluding hydrogens is 446 g/mol. The van der Waals surface area contributed by atoms with Crippen molar-refractivity contribution in [2.24, 2.45) is 4.99 Å². The fourth-order valence-electron chi connectivity index (χ4n) is 2.90. The van der Waals surface area contributed by atoms with Crippen molar-refractivity contribution in [1.82, 2.24) is 0 Å². The van der Waals surface area contributed by atoms with Crippen molar-refractivity contribution in [1.29, 1.82) is 0 Å². The highest BCUT2D eigenvalue weighted by Gasteiger charge is 2.33. The molecule has 2 N–H and O–H groups in total. The van der Waals surface area contributed by atoms with Crippen LogP contribution < -0.4 is 9.47 Å². The first-order chi connectivity index (χ1) is 15.9. The first kappa shape index (κ1) is 23.9. The molecule has 0 aliphatic carbocycles. The molecule has 0 saturated carbocycles. The Morgan fingerprint density at radius 3 is 2.42 bits per heavy atom. The molecule has 33 heavy (non-hydrogen) atoms. The molecule has 0 aromatic heterocycles. The van der Waals surface area contributed by atoms with Crippen molar-refractivity contribution in [3.8, 4) is 11.5 Å². The van der Waals surface area contributed by atoms with Crippen LogP contribution >= 0.6 is 11.8 Å². The molecule has 0 radical (unpaired) electrons. The zero-order chi connectivity index (χ0) is 23.8. The van der Waals surface area contributed by atoms with E-state index in [-0.39, 0.29) is 23.0 Å². The second-order valence-electron chi connectivity index (χ2n) is 6.62. The minimum atomic E-state index is -1.11. The molecule has 8 nitrogen and oxygen atoms in total. The molecule has 172 valence electrons. The number of aliphatic hydroxyl groups excluding tert-OH is 1. The van der Waals surface area contributed by atoms with E-state index in [4.69, 9.17) is 19.3 Å². The third-order valence-electron chi connectivity index (χ3n) is 4.31. The minimum absolute atomic E-state index is 0.0362. The van der Waals surface area contributed by atoms with Crippen LogP contribution in [0.4, 0.5) is 5.69 Å². The van der Waals surface area contributed by atoms with E-state index in [1.54, 1.807) is 61.5 Å². The third-order valence-corrected chi connectivity index (χ3v) is 5.33. The topological polar surface area (TPSA) is 115 Å². The van der Waals surface area contributed by atoms with Crippen LogP contribution in [0.25, 0.3) is 6.08 Å². The summed E-state index contributed by atoms with van der Waals surface area (Å²) in [6.45, 7) is 3.74. The molecule has 0 atom stereocenters. The molecule has 1 aliphatic heterocycles. The molecule has 0 saturated heterocycles. The summed E-state index contributed by atoms with van der Waals surface area (Å²) in [6, 6.07) is 13.8. The third kappa shape index (κ3) is 6.17. The number of carboxylic acids is 1. The molecule has 1 aliphatic rings. The van der Waals surface area contributed by atoms with E-state index in [1.807, 2.05) is 6.92 Å². The molecule has 0 amide bonds. The molecule has 0 spiro atoms. The van der Waals surface area contributed by atoms with Crippen LogP contribution in [0.1, 0.15) is 19.4 Å². The fraction of sp³-hybridized carbons (Fsp3) is 0.208. The van der Waals surface area contributed by atoms with E-state index >= 15 is 0 Å². The van der Waals surface area contributed by atoms with Gasteiger partial charge < -0.3 is 24.4 Å². The van der Waals surface area contributed by atoms with Gasteiger partial charge in [-0.15, -0.1) is 0 Å². The Labute approximate surface area is 195 Å². The molecule has 2 aromatic rings. The lowest BCUT2D eigenvalue weighted by molar-refractivity contribution is -0.139. The number of hydrogen-bond acceptors (Lipinski definition) is 8. The van der Waals surface area contributed by atoms with Crippen molar-refractivity contribution in [3.05, 3.63) is 70.3 Å². The zero-order valence-electron chi connectivity index (χ0n) is 18.1. The lowest BCUT2D eigenvalue weighted by Gasteiger charge is -2.07. The fourth-order valence-corrected chi connectivity index (χ4v) is 3.93. The molecule has 2 aromatic carbocycles. The number of aliphatic carboxylic acids is 1. The number of benzene rings is 2. The van der Waals surface area contributed by atoms with Crippen molar-refractivity contribution in [2.45, 2.75) is 13.8 Å². The van der Waals surface area contributed by atoms with Gasteiger partial charge in [-0.2, -0.15) is 0 Å². The predicted molar refractivity (Wildman–Crippen MR) is 126 cm³/mol. The van der Waals surface area contributed by atoms with Crippen LogP contribution in [0.3, 0.4) is 0 Å². The molecular formula is C24H23NO7S. The van der Waals surface area contributed by atoms with Gasteiger partial charge in [0.15, 0.2) is 6.61 Å². The highest BCUT2D eigenvalue weighted by atomic mass is 32.2. The van der Waals surface area contributed by atoms with Crippen LogP contribution in [0.2, 0.25) is 0 Å². The summed E-state index contributed by atoms with van der Waals surface area (Å²) in [5.74, 6) is -1.04. The van der Waals surface area contributed by atoms with Gasteiger partial charge in [-0.3, -0.25) is 0 Å². The minimum Gasteiger partial charge on any atom is -0.506 e. The van der Waals surface area contributed by atoms with Crippen molar-refractivity contribution in [3.63, 3.8) is 0 Å². The number of carbonyl (C=O) groups excluding carboxylic acids is 1. The molecule has 0 unspecified atom stereocenters. The molecule has 9 heteroatoms. The molecule has 0 bridgehead atoms. The highest BCUT2D eigenvalue weighted by Crippen LogP contribution is 2.41. The SMILES string of the molecule is CCOC(=O)C1=C(O)C(=Cc2ccccc2OCC(=O)O)SC1=Nc1ccc(OCC)cc1. The maximum Gasteiger partial charge on any atom is 0.344 e. The van der Waals surface area contributed by atoms with Gasteiger partial charge in [0, 0.05) is 5.56 Å². The largest absolute Gasteiger partial charge is 0.506 e. The van der Waals surface area contributed by atoms with E-state index in [0.29, 0.717) is 34.3 Å². The number of para-hydroxylation sites is 1. The predicted octanol–water partition coefficient (Wildman–Crippen LogP) is 4.74. The number of esters is 1. The van der Waals surface area contributed by atoms with Crippen LogP contribution in [-0.4, -0.2) is 47.0 Å². The standard InChI is InChI=1S/C24H23NO7S/c1-3-30-17-11-9-16(10-12-17)25-23-21(24(29)31-4-2)22(28)19(33-23)13-15-7-5-6-8-18(15)32-14-20(26)27/h5-13,28H,3-4,14H2,1-2H3,(H,26,27). The van der Waals surface area contributed by atoms with Gasteiger partial charge in [0.25, 0.3) is 0 Å². The summed E-state index contributed by atoms with van der Waals surface area (Å²) in [5, 5.41) is 20.0. The average molecular weight is 470 g/mol. The number of carboxylic acid groups (broad SMARTS) is 1. The van der Waals surface area contributed by atoms with Gasteiger partial charge in [0.1, 0.15) is 27.9 Å². The Morgan fingerprint density at radius 1 is 1.03 bits per heavy atom. The Balaban J connectivity index is 1.98. The van der Waals surface area contributed by atoms with Crippen LogP contribution in [-0.2, 0) is 14.3 Å². The number of aliphatic imine (C=N–C) groups is 1. The number of carbonyl (C=O) groups is 2. The molecule has 1 heterocycles. The monoisotopic (exact) mass is 469 g/mol. The van der Waals surface area contributed by atoms with Gasteiger partial charge in [-0.05, 0) is 50.3 Å². The van der Waals surface area contributed by atoms with Gasteiger partial charge in [0.2, 0.25) is 0 Å². The normalized spacial score (nSPS) is 15.7. The second kappa shape index (κ2) is 11.2. The van der Waals surface area contributed by atoms with Crippen LogP contribution in [0.15, 0.2) is 69.8 Å². The quantitative estimate of drug-likeness (QED) is 0.506. The van der Waals surface area contributed by atoms with Gasteiger partial charge >= 0.3 is 11.9 Å². The first-order valence-electron chi connectivity index (χ1n) is 10.2. The van der Waals surface area contributed by atoms with Gasteiger partial charge in [-0.1, -0.05) is 30.0 Å². The number of thioether (sulfide) groups is 1. The van der Waals surface area contributed by atoms with Gasteiger partial charge in [0.05, 0.1) is 23.8 Å². The van der Waals surface area contributed by atoms with Crippen LogP contribution in [0.5, 0.6) is 11.5 Å². The maximum atomic E-state index is 12.6. The zero-order valence-corrected chi connectivity index (χ0v) is 18.9. The smallest absolute Gasteiger partial charge is 0.344 e. The van der Waals surface area contributed by atoms with Crippen molar-refractivity contribution in [2.75, 3.05) is 19.8 Å². The van der Waals surface area contributed by atoms with E-state index < -0.39 is 18.5 Å². The Morgan fingerprint density at radius 2 is 1.76 bits per heavy atom. The summed E-state index contributed by atoms with van der Waals surface area (Å²) in [5.41, 5.74) is 1.08. The van der Waals surface area contributed by atoms with Gasteiger partial charge in [-0.25, -0.2) is 14.6 Å². The summed E-state index contributed by atoms with van der Waals surface area (Å²) in [7, 11) is 0. The van der Waals surface area contributed by atoms with Crippen molar-refractivity contribution < 1.29 is 34.0 Å². The number of nitrogens with zero attached hydrogens (tertiary/aromatic N) is 1. The summed E-state index contributed by atoms with van der Waals surface area (Å²) in [6.07, 6.45) is 1.61. The highest BCUT2D eigenvalue weighted by molar-refractivity contribution is 8.18. The number of rotatable bonds is 9. The lowest BCUT2D eigenvalue weighted by atomic mass is 10.1.